The van der Waals surface area contributed by atoms with Gasteiger partial charge in [-0.2, -0.15) is 0 Å². The van der Waals surface area contributed by atoms with E-state index in [9.17, 15) is 8.42 Å². The van der Waals surface area contributed by atoms with E-state index in [0.717, 1.165) is 22.1 Å². The quantitative estimate of drug-likeness (QED) is 0.735. The van der Waals surface area contributed by atoms with Crippen LogP contribution in [-0.4, -0.2) is 13.0 Å². The summed E-state index contributed by atoms with van der Waals surface area (Å²) in [7, 11) is -3.57. The van der Waals surface area contributed by atoms with Crippen LogP contribution in [0.2, 0.25) is 0 Å². The van der Waals surface area contributed by atoms with E-state index in [0.29, 0.717) is 18.3 Å². The molecular weight excluding hydrogens is 401 g/mol. The number of sulfonamides is 1. The third-order valence-corrected chi connectivity index (χ3v) is 5.53. The molecule has 7 heteroatoms. The molecule has 3 rings (SSSR count). The average molecular weight is 417 g/mol. The largest absolute Gasteiger partial charge is 0.346 e. The molecule has 1 aliphatic rings. The highest BCUT2D eigenvalue weighted by Gasteiger charge is 2.27. The molecule has 1 aromatic heterocycles. The molecule has 0 amide bonds. The summed E-state index contributed by atoms with van der Waals surface area (Å²) in [4.78, 5) is 0.272. The topological polar surface area (TPSA) is 77.1 Å². The van der Waals surface area contributed by atoms with E-state index >= 15 is 0 Å². The lowest BCUT2D eigenvalue weighted by Gasteiger charge is -2.06. The maximum absolute atomic E-state index is 12.4. The number of nitrogens with one attached hydrogen (secondary N) is 1. The van der Waals surface area contributed by atoms with E-state index in [-0.39, 0.29) is 4.90 Å². The number of nitrogens with two attached hydrogens (primary N) is 1. The fourth-order valence-electron chi connectivity index (χ4n) is 2.23. The minimum atomic E-state index is -3.57. The lowest BCUT2D eigenvalue weighted by atomic mass is 10.3. The van der Waals surface area contributed by atoms with Gasteiger partial charge in [0, 0.05) is 33.7 Å². The number of benzene rings is 1. The zero-order valence-electron chi connectivity index (χ0n) is 11.3. The first-order valence-electron chi connectivity index (χ1n) is 6.69. The van der Waals surface area contributed by atoms with E-state index < -0.39 is 10.0 Å². The van der Waals surface area contributed by atoms with Crippen molar-refractivity contribution in [3.05, 3.63) is 45.8 Å². The van der Waals surface area contributed by atoms with E-state index in [4.69, 9.17) is 5.73 Å². The molecule has 0 bridgehead atoms. The molecule has 1 aliphatic carbocycles. The molecule has 112 valence electrons. The highest BCUT2D eigenvalue weighted by Crippen LogP contribution is 2.37. The van der Waals surface area contributed by atoms with Crippen LogP contribution >= 0.6 is 22.6 Å². The summed E-state index contributed by atoms with van der Waals surface area (Å²) in [6, 6.07) is 9.29. The molecule has 0 radical (unpaired) electrons. The van der Waals surface area contributed by atoms with Crippen LogP contribution in [0.5, 0.6) is 0 Å². The zero-order valence-corrected chi connectivity index (χ0v) is 14.3. The molecular formula is C14H16IN3O2S. The number of rotatable bonds is 5. The third-order valence-electron chi connectivity index (χ3n) is 3.46. The maximum Gasteiger partial charge on any atom is 0.263 e. The van der Waals surface area contributed by atoms with Crippen LogP contribution in [0.1, 0.15) is 24.6 Å². The van der Waals surface area contributed by atoms with Gasteiger partial charge in [-0.05, 0) is 65.8 Å². The minimum absolute atomic E-state index is 0.272. The molecule has 0 spiro atoms. The first kappa shape index (κ1) is 14.9. The molecule has 0 saturated heterocycles. The summed E-state index contributed by atoms with van der Waals surface area (Å²) in [5, 5.41) is 0. The molecule has 1 aromatic carbocycles. The molecule has 3 N–H and O–H groups in total. The first-order valence-corrected chi connectivity index (χ1v) is 9.25. The van der Waals surface area contributed by atoms with Gasteiger partial charge in [0.15, 0.2) is 0 Å². The summed E-state index contributed by atoms with van der Waals surface area (Å²) in [6.45, 7) is 0.343. The summed E-state index contributed by atoms with van der Waals surface area (Å²) < 4.78 is 30.5. The second-order valence-corrected chi connectivity index (χ2v) is 8.05. The van der Waals surface area contributed by atoms with Crippen molar-refractivity contribution in [1.29, 1.82) is 0 Å². The number of nitrogens with zero attached hydrogens (tertiary/aromatic N) is 1. The molecule has 0 aliphatic heterocycles. The van der Waals surface area contributed by atoms with Crippen LogP contribution in [0.3, 0.4) is 0 Å². The molecule has 21 heavy (non-hydrogen) atoms. The van der Waals surface area contributed by atoms with Crippen molar-refractivity contribution in [2.75, 3.05) is 4.72 Å². The lowest BCUT2D eigenvalue weighted by Crippen LogP contribution is -2.12. The van der Waals surface area contributed by atoms with E-state index in [1.165, 1.54) is 0 Å². The van der Waals surface area contributed by atoms with Crippen LogP contribution in [0.25, 0.3) is 0 Å². The van der Waals surface area contributed by atoms with Crippen LogP contribution < -0.4 is 10.5 Å². The Balaban J connectivity index is 1.89. The molecule has 1 saturated carbocycles. The lowest BCUT2D eigenvalue weighted by molar-refractivity contribution is 0.600. The van der Waals surface area contributed by atoms with Gasteiger partial charge in [0.25, 0.3) is 10.0 Å². The van der Waals surface area contributed by atoms with E-state index in [2.05, 4.69) is 27.3 Å². The van der Waals surface area contributed by atoms with Gasteiger partial charge < -0.3 is 10.3 Å². The van der Waals surface area contributed by atoms with Crippen LogP contribution in [-0.2, 0) is 16.6 Å². The van der Waals surface area contributed by atoms with Crippen molar-refractivity contribution in [2.45, 2.75) is 30.3 Å². The predicted molar refractivity (Wildman–Crippen MR) is 90.6 cm³/mol. The van der Waals surface area contributed by atoms with Gasteiger partial charge >= 0.3 is 0 Å². The van der Waals surface area contributed by atoms with Crippen LogP contribution in [0.15, 0.2) is 41.4 Å². The van der Waals surface area contributed by atoms with Crippen molar-refractivity contribution in [3.63, 3.8) is 0 Å². The number of anilines is 1. The number of halogens is 1. The van der Waals surface area contributed by atoms with Crippen molar-refractivity contribution in [2.24, 2.45) is 5.73 Å². The normalized spacial score (nSPS) is 15.1. The summed E-state index contributed by atoms with van der Waals surface area (Å²) in [5.41, 5.74) is 7.13. The number of hydrogen-bond acceptors (Lipinski definition) is 3. The zero-order chi connectivity index (χ0) is 15.0. The molecule has 0 atom stereocenters. The summed E-state index contributed by atoms with van der Waals surface area (Å²) in [6.07, 6.45) is 3.87. The van der Waals surface area contributed by atoms with Gasteiger partial charge in [0.1, 0.15) is 4.90 Å². The second-order valence-electron chi connectivity index (χ2n) is 5.12. The Morgan fingerprint density at radius 3 is 2.52 bits per heavy atom. The SMILES string of the molecule is NCc1cc(S(=O)(=O)Nc2ccc(I)cc2)cn1C1CC1. The van der Waals surface area contributed by atoms with Crippen LogP contribution in [0.4, 0.5) is 5.69 Å². The maximum atomic E-state index is 12.4. The van der Waals surface area contributed by atoms with Gasteiger partial charge in [0.05, 0.1) is 0 Å². The Labute approximate surface area is 137 Å². The van der Waals surface area contributed by atoms with Crippen molar-refractivity contribution in [1.82, 2.24) is 4.57 Å². The number of aromatic nitrogens is 1. The smallest absolute Gasteiger partial charge is 0.263 e. The fraction of sp³-hybridized carbons (Fsp3) is 0.286. The Hall–Kier alpha value is -1.06. The molecule has 1 heterocycles. The van der Waals surface area contributed by atoms with E-state index in [1.807, 2.05) is 16.7 Å². The molecule has 2 aromatic rings. The Morgan fingerprint density at radius 2 is 1.95 bits per heavy atom. The molecule has 1 fully saturated rings. The monoisotopic (exact) mass is 417 g/mol. The second kappa shape index (κ2) is 5.62. The predicted octanol–water partition coefficient (Wildman–Crippen LogP) is 2.69. The summed E-state index contributed by atoms with van der Waals surface area (Å²) in [5.74, 6) is 0. The van der Waals surface area contributed by atoms with Crippen molar-refractivity contribution >= 4 is 38.3 Å². The van der Waals surface area contributed by atoms with Crippen molar-refractivity contribution in [3.8, 4) is 0 Å². The number of hydrogen-bond donors (Lipinski definition) is 2. The Bertz CT molecular complexity index is 749. The standard InChI is InChI=1S/C14H16IN3O2S/c15-10-1-3-11(4-2-10)17-21(19,20)14-7-13(8-16)18(9-14)12-5-6-12/h1-4,7,9,12,17H,5-6,8,16H2. The minimum Gasteiger partial charge on any atom is -0.346 e. The summed E-state index contributed by atoms with van der Waals surface area (Å²) >= 11 is 2.18. The Morgan fingerprint density at radius 1 is 1.29 bits per heavy atom. The highest BCUT2D eigenvalue weighted by molar-refractivity contribution is 14.1. The van der Waals surface area contributed by atoms with Crippen molar-refractivity contribution < 1.29 is 8.42 Å². The molecule has 5 nitrogen and oxygen atoms in total. The van der Waals surface area contributed by atoms with Gasteiger partial charge in [-0.15, -0.1) is 0 Å². The Kier molecular flexibility index (Phi) is 3.98. The van der Waals surface area contributed by atoms with E-state index in [1.54, 1.807) is 24.4 Å². The molecule has 0 unspecified atom stereocenters. The van der Waals surface area contributed by atoms with Gasteiger partial charge in [-0.3, -0.25) is 4.72 Å². The first-order chi connectivity index (χ1) is 9.99. The highest BCUT2D eigenvalue weighted by atomic mass is 127. The third kappa shape index (κ3) is 3.24. The average Bonchev–Trinajstić information content (AvgIpc) is 3.19. The van der Waals surface area contributed by atoms with Gasteiger partial charge in [-0.25, -0.2) is 8.42 Å². The van der Waals surface area contributed by atoms with Gasteiger partial charge in [0.2, 0.25) is 0 Å². The van der Waals surface area contributed by atoms with Gasteiger partial charge in [-0.1, -0.05) is 0 Å². The van der Waals surface area contributed by atoms with Crippen LogP contribution in [0, 0.1) is 3.57 Å². The fourth-order valence-corrected chi connectivity index (χ4v) is 3.70.